The lowest BCUT2D eigenvalue weighted by molar-refractivity contribution is 0.0857. The van der Waals surface area contributed by atoms with E-state index in [0.717, 1.165) is 12.1 Å². The highest BCUT2D eigenvalue weighted by atomic mass is 32.2. The van der Waals surface area contributed by atoms with Crippen molar-refractivity contribution < 1.29 is 17.6 Å². The monoisotopic (exact) mass is 273 g/mol. The van der Waals surface area contributed by atoms with E-state index < -0.39 is 26.2 Å². The van der Waals surface area contributed by atoms with Gasteiger partial charge in [-0.3, -0.25) is 4.79 Å². The molecule has 0 spiro atoms. The Labute approximate surface area is 106 Å². The van der Waals surface area contributed by atoms with E-state index in [-0.39, 0.29) is 11.3 Å². The minimum Gasteiger partial charge on any atom is -0.294 e. The van der Waals surface area contributed by atoms with E-state index in [4.69, 9.17) is 5.14 Å². The maximum Gasteiger partial charge on any atom is 0.240 e. The van der Waals surface area contributed by atoms with Gasteiger partial charge in [-0.25, -0.2) is 17.9 Å². The number of rotatable bonds is 2. The molecule has 0 aliphatic carbocycles. The smallest absolute Gasteiger partial charge is 0.240 e. The lowest BCUT2D eigenvalue weighted by Crippen LogP contribution is -2.23. The minimum absolute atomic E-state index is 0.174. The number of nitrogens with two attached hydrogens (primary N) is 1. The molecule has 0 unspecified atom stereocenters. The zero-order chi connectivity index (χ0) is 14.3. The number of ketones is 1. The van der Waals surface area contributed by atoms with Gasteiger partial charge in [0.05, 0.1) is 0 Å². The highest BCUT2D eigenvalue weighted by Gasteiger charge is 2.27. The number of primary sulfonamides is 1. The van der Waals surface area contributed by atoms with Gasteiger partial charge in [-0.05, 0) is 24.6 Å². The maximum absolute atomic E-state index is 13.5. The molecular formula is C12H16FNO3S. The number of hydrogen-bond acceptors (Lipinski definition) is 3. The van der Waals surface area contributed by atoms with Gasteiger partial charge in [-0.1, -0.05) is 20.8 Å². The van der Waals surface area contributed by atoms with Gasteiger partial charge in [0, 0.05) is 11.0 Å². The summed E-state index contributed by atoms with van der Waals surface area (Å²) in [5, 5.41) is 4.91. The zero-order valence-corrected chi connectivity index (χ0v) is 11.6. The number of carbonyl (C=O) groups is 1. The molecule has 1 rings (SSSR count). The maximum atomic E-state index is 13.5. The van der Waals surface area contributed by atoms with Gasteiger partial charge in [0.15, 0.2) is 5.78 Å². The molecule has 18 heavy (non-hydrogen) atoms. The third-order valence-electron chi connectivity index (χ3n) is 2.51. The molecule has 0 bridgehead atoms. The number of sulfonamides is 1. The Bertz CT molecular complexity index is 600. The van der Waals surface area contributed by atoms with Crippen LogP contribution in [0.1, 0.15) is 36.7 Å². The highest BCUT2D eigenvalue weighted by molar-refractivity contribution is 7.89. The molecule has 100 valence electrons. The molecule has 1 aromatic carbocycles. The van der Waals surface area contributed by atoms with Gasteiger partial charge < -0.3 is 0 Å². The molecule has 0 aliphatic rings. The quantitative estimate of drug-likeness (QED) is 0.837. The Morgan fingerprint density at radius 1 is 1.28 bits per heavy atom. The molecule has 0 radical (unpaired) electrons. The average molecular weight is 273 g/mol. The summed E-state index contributed by atoms with van der Waals surface area (Å²) < 4.78 is 35.9. The van der Waals surface area contributed by atoms with Crippen LogP contribution < -0.4 is 5.14 Å². The third-order valence-corrected chi connectivity index (χ3v) is 3.44. The molecule has 0 amide bonds. The van der Waals surface area contributed by atoms with E-state index >= 15 is 0 Å². The van der Waals surface area contributed by atoms with Crippen LogP contribution in [0, 0.1) is 18.2 Å². The lowest BCUT2D eigenvalue weighted by Gasteiger charge is -2.18. The van der Waals surface area contributed by atoms with Crippen LogP contribution in [0.3, 0.4) is 0 Å². The molecule has 0 aromatic heterocycles. The molecule has 6 heteroatoms. The predicted octanol–water partition coefficient (Wildman–Crippen LogP) is 2.01. The van der Waals surface area contributed by atoms with Crippen LogP contribution in [0.15, 0.2) is 17.0 Å². The van der Waals surface area contributed by atoms with Crippen molar-refractivity contribution in [3.63, 3.8) is 0 Å². The number of carbonyl (C=O) groups excluding carboxylic acids is 1. The van der Waals surface area contributed by atoms with Crippen molar-refractivity contribution in [2.45, 2.75) is 32.6 Å². The van der Waals surface area contributed by atoms with Crippen molar-refractivity contribution in [3.8, 4) is 0 Å². The molecule has 1 aromatic rings. The first-order chi connectivity index (χ1) is 7.94. The Balaban J connectivity index is 3.54. The van der Waals surface area contributed by atoms with Crippen molar-refractivity contribution in [1.82, 2.24) is 0 Å². The molecule has 0 fully saturated rings. The minimum atomic E-state index is -4.18. The SMILES string of the molecule is Cc1cc(F)c(S(N)(=O)=O)cc1C(=O)C(C)(C)C. The molecule has 4 nitrogen and oxygen atoms in total. The number of aryl methyl sites for hydroxylation is 1. The first kappa shape index (κ1) is 14.8. The average Bonchev–Trinajstić information content (AvgIpc) is 2.13. The molecule has 2 N–H and O–H groups in total. The van der Waals surface area contributed by atoms with Gasteiger partial charge in [0.1, 0.15) is 10.7 Å². The Morgan fingerprint density at radius 3 is 2.17 bits per heavy atom. The van der Waals surface area contributed by atoms with Crippen LogP contribution in [0.4, 0.5) is 4.39 Å². The fourth-order valence-electron chi connectivity index (χ4n) is 1.52. The van der Waals surface area contributed by atoms with Crippen LogP contribution >= 0.6 is 0 Å². The first-order valence-corrected chi connectivity index (χ1v) is 6.87. The Hall–Kier alpha value is -1.27. The van der Waals surface area contributed by atoms with Gasteiger partial charge in [0.2, 0.25) is 10.0 Å². The van der Waals surface area contributed by atoms with Crippen molar-refractivity contribution in [1.29, 1.82) is 0 Å². The topological polar surface area (TPSA) is 77.2 Å². The van der Waals surface area contributed by atoms with Crippen molar-refractivity contribution >= 4 is 15.8 Å². The number of halogens is 1. The molecular weight excluding hydrogens is 257 g/mol. The summed E-state index contributed by atoms with van der Waals surface area (Å²) in [7, 11) is -4.18. The van der Waals surface area contributed by atoms with Gasteiger partial charge >= 0.3 is 0 Å². The van der Waals surface area contributed by atoms with Gasteiger partial charge in [-0.2, -0.15) is 0 Å². The van der Waals surface area contributed by atoms with Crippen LogP contribution in [-0.2, 0) is 10.0 Å². The molecule has 0 heterocycles. The first-order valence-electron chi connectivity index (χ1n) is 5.32. The van der Waals surface area contributed by atoms with E-state index in [1.165, 1.54) is 0 Å². The number of benzene rings is 1. The number of hydrogen-bond donors (Lipinski definition) is 1. The highest BCUT2D eigenvalue weighted by Crippen LogP contribution is 2.26. The fourth-order valence-corrected chi connectivity index (χ4v) is 2.13. The second kappa shape index (κ2) is 4.44. The Morgan fingerprint density at radius 2 is 1.78 bits per heavy atom. The summed E-state index contributed by atoms with van der Waals surface area (Å²) in [6.45, 7) is 6.66. The third kappa shape index (κ3) is 2.94. The second-order valence-corrected chi connectivity index (χ2v) is 6.75. The van der Waals surface area contributed by atoms with E-state index in [9.17, 15) is 17.6 Å². The normalized spacial score (nSPS) is 12.6. The van der Waals surface area contributed by atoms with Crippen LogP contribution in [0.5, 0.6) is 0 Å². The molecule has 0 atom stereocenters. The van der Waals surface area contributed by atoms with Crippen LogP contribution in [0.2, 0.25) is 0 Å². The van der Waals surface area contributed by atoms with E-state index in [0.29, 0.717) is 5.56 Å². The fraction of sp³-hybridized carbons (Fsp3) is 0.417. The summed E-state index contributed by atoms with van der Waals surface area (Å²) >= 11 is 0. The molecule has 0 saturated heterocycles. The summed E-state index contributed by atoms with van der Waals surface area (Å²) in [6.07, 6.45) is 0. The Kier molecular flexibility index (Phi) is 3.65. The predicted molar refractivity (Wildman–Crippen MR) is 66.3 cm³/mol. The summed E-state index contributed by atoms with van der Waals surface area (Å²) in [4.78, 5) is 11.5. The standard InChI is InChI=1S/C12H16FNO3S/c1-7-5-9(13)10(18(14,16)17)6-8(7)11(15)12(2,3)4/h5-6H,1-4H3,(H2,14,16,17). The largest absolute Gasteiger partial charge is 0.294 e. The van der Waals surface area contributed by atoms with E-state index in [1.807, 2.05) is 0 Å². The van der Waals surface area contributed by atoms with Crippen LogP contribution in [0.25, 0.3) is 0 Å². The summed E-state index contributed by atoms with van der Waals surface area (Å²) in [5.74, 6) is -1.20. The van der Waals surface area contributed by atoms with Crippen molar-refractivity contribution in [2.24, 2.45) is 10.6 Å². The second-order valence-electron chi connectivity index (χ2n) is 5.22. The van der Waals surface area contributed by atoms with E-state index in [1.54, 1.807) is 27.7 Å². The number of Topliss-reactive ketones (excluding diaryl/α,β-unsaturated/α-hetero) is 1. The zero-order valence-electron chi connectivity index (χ0n) is 10.7. The van der Waals surface area contributed by atoms with Crippen molar-refractivity contribution in [2.75, 3.05) is 0 Å². The van der Waals surface area contributed by atoms with Gasteiger partial charge in [-0.15, -0.1) is 0 Å². The van der Waals surface area contributed by atoms with E-state index in [2.05, 4.69) is 0 Å². The molecule has 0 saturated carbocycles. The molecule has 0 aliphatic heterocycles. The van der Waals surface area contributed by atoms with Crippen LogP contribution in [-0.4, -0.2) is 14.2 Å². The van der Waals surface area contributed by atoms with Gasteiger partial charge in [0.25, 0.3) is 0 Å². The lowest BCUT2D eigenvalue weighted by atomic mass is 9.85. The van der Waals surface area contributed by atoms with Crippen molar-refractivity contribution in [3.05, 3.63) is 29.1 Å². The summed E-state index contributed by atoms with van der Waals surface area (Å²) in [5.41, 5.74) is -0.120. The summed E-state index contributed by atoms with van der Waals surface area (Å²) in [6, 6.07) is 2.02.